The van der Waals surface area contributed by atoms with Crippen molar-refractivity contribution in [3.63, 3.8) is 0 Å². The van der Waals surface area contributed by atoms with E-state index in [0.717, 1.165) is 18.4 Å². The fourth-order valence-corrected chi connectivity index (χ4v) is 3.97. The van der Waals surface area contributed by atoms with Gasteiger partial charge < -0.3 is 4.74 Å². The maximum Gasteiger partial charge on any atom is 0.177 e. The summed E-state index contributed by atoms with van der Waals surface area (Å²) in [5.74, 6) is -0.447. The van der Waals surface area contributed by atoms with Gasteiger partial charge in [0.15, 0.2) is 15.6 Å². The Kier molecular flexibility index (Phi) is 5.17. The Bertz CT molecular complexity index is 581. The van der Waals surface area contributed by atoms with E-state index in [2.05, 4.69) is 13.8 Å². The van der Waals surface area contributed by atoms with Crippen LogP contribution in [-0.4, -0.2) is 38.4 Å². The lowest BCUT2D eigenvalue weighted by Crippen LogP contribution is -2.26. The number of sulfone groups is 1. The van der Waals surface area contributed by atoms with Crippen molar-refractivity contribution >= 4 is 15.6 Å². The Morgan fingerprint density at radius 2 is 1.95 bits per heavy atom. The Labute approximate surface area is 126 Å². The SMILES string of the molecule is CC(C)c1ccc(C(=O)CS(=O)(=O)CC2CCCO2)cc1. The summed E-state index contributed by atoms with van der Waals surface area (Å²) < 4.78 is 29.4. The molecular weight excluding hydrogens is 288 g/mol. The Balaban J connectivity index is 1.99. The van der Waals surface area contributed by atoms with Crippen LogP contribution in [0.3, 0.4) is 0 Å². The fraction of sp³-hybridized carbons (Fsp3) is 0.562. The van der Waals surface area contributed by atoms with Crippen molar-refractivity contribution < 1.29 is 17.9 Å². The van der Waals surface area contributed by atoms with Gasteiger partial charge in [0, 0.05) is 12.2 Å². The first-order valence-corrected chi connectivity index (χ1v) is 9.15. The summed E-state index contributed by atoms with van der Waals surface area (Å²) in [6.45, 7) is 4.76. The summed E-state index contributed by atoms with van der Waals surface area (Å²) in [5.41, 5.74) is 1.59. The van der Waals surface area contributed by atoms with Crippen molar-refractivity contribution in [3.05, 3.63) is 35.4 Å². The summed E-state index contributed by atoms with van der Waals surface area (Å²) in [6.07, 6.45) is 1.41. The van der Waals surface area contributed by atoms with Gasteiger partial charge in [0.05, 0.1) is 11.9 Å². The predicted molar refractivity (Wildman–Crippen MR) is 82.5 cm³/mol. The molecular formula is C16H22O4S. The van der Waals surface area contributed by atoms with Gasteiger partial charge in [0.1, 0.15) is 5.75 Å². The number of Topliss-reactive ketones (excluding diaryl/α,β-unsaturated/α-hetero) is 1. The molecule has 0 N–H and O–H groups in total. The second kappa shape index (κ2) is 6.71. The molecule has 1 aromatic rings. The summed E-state index contributed by atoms with van der Waals surface area (Å²) in [7, 11) is -3.41. The van der Waals surface area contributed by atoms with Crippen LogP contribution < -0.4 is 0 Å². The monoisotopic (exact) mass is 310 g/mol. The van der Waals surface area contributed by atoms with Gasteiger partial charge >= 0.3 is 0 Å². The zero-order valence-electron chi connectivity index (χ0n) is 12.5. The minimum atomic E-state index is -3.41. The molecule has 1 fully saturated rings. The minimum absolute atomic E-state index is 0.0528. The van der Waals surface area contributed by atoms with E-state index in [1.807, 2.05) is 12.1 Å². The number of ketones is 1. The molecule has 116 valence electrons. The molecule has 4 nitrogen and oxygen atoms in total. The van der Waals surface area contributed by atoms with Crippen LogP contribution in [0.25, 0.3) is 0 Å². The molecule has 1 aromatic carbocycles. The van der Waals surface area contributed by atoms with Gasteiger partial charge in [-0.1, -0.05) is 38.1 Å². The van der Waals surface area contributed by atoms with Crippen LogP contribution in [0.5, 0.6) is 0 Å². The Morgan fingerprint density at radius 1 is 1.29 bits per heavy atom. The first kappa shape index (κ1) is 16.2. The summed E-state index contributed by atoms with van der Waals surface area (Å²) in [5, 5.41) is 0. The predicted octanol–water partition coefficient (Wildman–Crippen LogP) is 2.59. The van der Waals surface area contributed by atoms with Crippen LogP contribution in [-0.2, 0) is 14.6 Å². The molecule has 0 aromatic heterocycles. The number of hydrogen-bond donors (Lipinski definition) is 0. The van der Waals surface area contributed by atoms with Gasteiger partial charge in [-0.3, -0.25) is 4.79 Å². The lowest BCUT2D eigenvalue weighted by molar-refractivity contribution is 0.102. The number of hydrogen-bond acceptors (Lipinski definition) is 4. The first-order chi connectivity index (χ1) is 9.87. The maximum absolute atomic E-state index is 12.1. The van der Waals surface area contributed by atoms with Gasteiger partial charge in [-0.2, -0.15) is 0 Å². The van der Waals surface area contributed by atoms with Crippen molar-refractivity contribution in [3.8, 4) is 0 Å². The van der Waals surface area contributed by atoms with E-state index in [4.69, 9.17) is 4.74 Å². The number of carbonyl (C=O) groups is 1. The zero-order chi connectivity index (χ0) is 15.5. The van der Waals surface area contributed by atoms with Crippen molar-refractivity contribution in [1.82, 2.24) is 0 Å². The van der Waals surface area contributed by atoms with Gasteiger partial charge in [0.25, 0.3) is 0 Å². The maximum atomic E-state index is 12.1. The van der Waals surface area contributed by atoms with Crippen LogP contribution in [0.2, 0.25) is 0 Å². The van der Waals surface area contributed by atoms with Gasteiger partial charge in [-0.15, -0.1) is 0 Å². The summed E-state index contributed by atoms with van der Waals surface area (Å²) in [6, 6.07) is 7.17. The third kappa shape index (κ3) is 4.64. The highest BCUT2D eigenvalue weighted by Gasteiger charge is 2.25. The molecule has 1 aliphatic rings. The van der Waals surface area contributed by atoms with E-state index in [1.165, 1.54) is 0 Å². The number of benzene rings is 1. The molecule has 5 heteroatoms. The zero-order valence-corrected chi connectivity index (χ0v) is 13.4. The Morgan fingerprint density at radius 3 is 2.48 bits per heavy atom. The van der Waals surface area contributed by atoms with Gasteiger partial charge in [-0.05, 0) is 24.3 Å². The minimum Gasteiger partial charge on any atom is -0.377 e. The fourth-order valence-electron chi connectivity index (χ4n) is 2.45. The molecule has 1 unspecified atom stereocenters. The molecule has 0 aliphatic carbocycles. The third-order valence-corrected chi connectivity index (χ3v) is 5.30. The molecule has 1 heterocycles. The largest absolute Gasteiger partial charge is 0.377 e. The van der Waals surface area contributed by atoms with E-state index >= 15 is 0 Å². The molecule has 1 atom stereocenters. The molecule has 0 saturated carbocycles. The van der Waals surface area contributed by atoms with E-state index in [0.29, 0.717) is 18.1 Å². The van der Waals surface area contributed by atoms with E-state index in [9.17, 15) is 13.2 Å². The van der Waals surface area contributed by atoms with E-state index < -0.39 is 15.6 Å². The molecule has 0 bridgehead atoms. The average molecular weight is 310 g/mol. The highest BCUT2D eigenvalue weighted by molar-refractivity contribution is 7.92. The molecule has 1 saturated heterocycles. The van der Waals surface area contributed by atoms with Crippen molar-refractivity contribution in [2.24, 2.45) is 0 Å². The number of carbonyl (C=O) groups excluding carboxylic acids is 1. The van der Waals surface area contributed by atoms with Gasteiger partial charge in [0.2, 0.25) is 0 Å². The van der Waals surface area contributed by atoms with E-state index in [-0.39, 0.29) is 17.6 Å². The molecule has 0 radical (unpaired) electrons. The number of rotatable bonds is 6. The molecule has 0 spiro atoms. The van der Waals surface area contributed by atoms with Gasteiger partial charge in [-0.25, -0.2) is 8.42 Å². The smallest absolute Gasteiger partial charge is 0.177 e. The van der Waals surface area contributed by atoms with Crippen LogP contribution in [0.4, 0.5) is 0 Å². The molecule has 1 aliphatic heterocycles. The third-order valence-electron chi connectivity index (χ3n) is 3.71. The summed E-state index contributed by atoms with van der Waals surface area (Å²) >= 11 is 0. The van der Waals surface area contributed by atoms with Crippen LogP contribution in [0.1, 0.15) is 48.5 Å². The second-order valence-electron chi connectivity index (χ2n) is 5.89. The quantitative estimate of drug-likeness (QED) is 0.758. The number of ether oxygens (including phenoxy) is 1. The second-order valence-corrected chi connectivity index (χ2v) is 8.00. The lowest BCUT2D eigenvalue weighted by Gasteiger charge is -2.10. The first-order valence-electron chi connectivity index (χ1n) is 7.32. The van der Waals surface area contributed by atoms with Crippen LogP contribution in [0, 0.1) is 0 Å². The highest BCUT2D eigenvalue weighted by Crippen LogP contribution is 2.17. The van der Waals surface area contributed by atoms with Crippen molar-refractivity contribution in [1.29, 1.82) is 0 Å². The lowest BCUT2D eigenvalue weighted by atomic mass is 10.0. The highest BCUT2D eigenvalue weighted by atomic mass is 32.2. The van der Waals surface area contributed by atoms with E-state index in [1.54, 1.807) is 12.1 Å². The molecule has 2 rings (SSSR count). The molecule has 0 amide bonds. The van der Waals surface area contributed by atoms with Crippen LogP contribution in [0.15, 0.2) is 24.3 Å². The van der Waals surface area contributed by atoms with Crippen molar-refractivity contribution in [2.45, 2.75) is 38.7 Å². The van der Waals surface area contributed by atoms with Crippen molar-refractivity contribution in [2.75, 3.05) is 18.1 Å². The standard InChI is InChI=1S/C16H22O4S/c1-12(2)13-5-7-14(8-6-13)16(17)11-21(18,19)10-15-4-3-9-20-15/h5-8,12,15H,3-4,9-11H2,1-2H3. The topological polar surface area (TPSA) is 60.4 Å². The Hall–Kier alpha value is -1.20. The molecule has 21 heavy (non-hydrogen) atoms. The average Bonchev–Trinajstić information content (AvgIpc) is 2.90. The van der Waals surface area contributed by atoms with Crippen LogP contribution >= 0.6 is 0 Å². The normalized spacial score (nSPS) is 19.1. The summed E-state index contributed by atoms with van der Waals surface area (Å²) in [4.78, 5) is 12.1.